The number of nitrogens with one attached hydrogen (secondary N) is 1. The third-order valence-electron chi connectivity index (χ3n) is 4.58. The summed E-state index contributed by atoms with van der Waals surface area (Å²) in [6, 6.07) is 14.5. The first-order valence-corrected chi connectivity index (χ1v) is 10.7. The standard InChI is InChI=1S/C23H29NO6S/c1-16-3-7-19(8-4-16)24-23(27)30-22(17(2)11-13-29-21(26)15-31)18-5-9-20(10-6-18)28-14-12-25/h3-10,17,22,25,31H,11-15H2,1-2H3,(H,24,27)/t17-,22-/m1/s1. The van der Waals surface area contributed by atoms with Gasteiger partial charge in [0.2, 0.25) is 0 Å². The van der Waals surface area contributed by atoms with Gasteiger partial charge in [-0.1, -0.05) is 36.8 Å². The third kappa shape index (κ3) is 8.51. The summed E-state index contributed by atoms with van der Waals surface area (Å²) in [5.74, 6) is 0.106. The molecule has 0 spiro atoms. The summed E-state index contributed by atoms with van der Waals surface area (Å²) in [6.45, 7) is 4.22. The number of esters is 1. The topological polar surface area (TPSA) is 94.1 Å². The molecule has 0 unspecified atom stereocenters. The third-order valence-corrected chi connectivity index (χ3v) is 4.84. The molecule has 168 valence electrons. The van der Waals surface area contributed by atoms with Gasteiger partial charge in [0.05, 0.1) is 19.0 Å². The lowest BCUT2D eigenvalue weighted by Gasteiger charge is -2.25. The minimum Gasteiger partial charge on any atom is -0.491 e. The average Bonchev–Trinajstić information content (AvgIpc) is 2.77. The van der Waals surface area contributed by atoms with E-state index >= 15 is 0 Å². The maximum absolute atomic E-state index is 12.5. The van der Waals surface area contributed by atoms with Gasteiger partial charge in [0.15, 0.2) is 0 Å². The zero-order valence-corrected chi connectivity index (χ0v) is 18.6. The number of ether oxygens (including phenoxy) is 3. The number of benzene rings is 2. The number of rotatable bonds is 11. The van der Waals surface area contributed by atoms with Crippen LogP contribution in [0.4, 0.5) is 10.5 Å². The zero-order valence-electron chi connectivity index (χ0n) is 17.7. The van der Waals surface area contributed by atoms with E-state index in [0.717, 1.165) is 11.1 Å². The molecule has 0 bridgehead atoms. The molecule has 0 aliphatic carbocycles. The molecule has 0 saturated heterocycles. The lowest BCUT2D eigenvalue weighted by atomic mass is 9.94. The first-order chi connectivity index (χ1) is 14.9. The van der Waals surface area contributed by atoms with Gasteiger partial charge in [0.25, 0.3) is 0 Å². The van der Waals surface area contributed by atoms with Crippen LogP contribution in [-0.2, 0) is 14.3 Å². The van der Waals surface area contributed by atoms with Gasteiger partial charge in [0.1, 0.15) is 18.5 Å². The molecule has 2 aromatic carbocycles. The highest BCUT2D eigenvalue weighted by atomic mass is 32.1. The Morgan fingerprint density at radius 1 is 1.06 bits per heavy atom. The van der Waals surface area contributed by atoms with Gasteiger partial charge >= 0.3 is 12.1 Å². The molecule has 0 saturated carbocycles. The van der Waals surface area contributed by atoms with Crippen LogP contribution in [0.15, 0.2) is 48.5 Å². The van der Waals surface area contributed by atoms with Crippen LogP contribution in [0.5, 0.6) is 5.75 Å². The van der Waals surface area contributed by atoms with Crippen molar-refractivity contribution in [1.29, 1.82) is 0 Å². The van der Waals surface area contributed by atoms with Gasteiger partial charge in [-0.2, -0.15) is 12.6 Å². The van der Waals surface area contributed by atoms with E-state index < -0.39 is 18.2 Å². The van der Waals surface area contributed by atoms with E-state index in [1.165, 1.54) is 0 Å². The summed E-state index contributed by atoms with van der Waals surface area (Å²) in [5.41, 5.74) is 2.51. The number of aryl methyl sites for hydroxylation is 1. The second-order valence-electron chi connectivity index (χ2n) is 7.10. The average molecular weight is 448 g/mol. The number of aliphatic hydroxyl groups is 1. The predicted octanol–water partition coefficient (Wildman–Crippen LogP) is 4.16. The molecule has 8 heteroatoms. The van der Waals surface area contributed by atoms with Crippen molar-refractivity contribution in [3.8, 4) is 5.75 Å². The number of carbonyl (C=O) groups excluding carboxylic acids is 2. The van der Waals surface area contributed by atoms with Crippen LogP contribution in [0, 0.1) is 12.8 Å². The van der Waals surface area contributed by atoms with Crippen molar-refractivity contribution in [2.24, 2.45) is 5.92 Å². The van der Waals surface area contributed by atoms with Crippen molar-refractivity contribution >= 4 is 30.4 Å². The summed E-state index contributed by atoms with van der Waals surface area (Å²) in [6.07, 6.45) is -0.634. The van der Waals surface area contributed by atoms with Crippen molar-refractivity contribution in [3.63, 3.8) is 0 Å². The van der Waals surface area contributed by atoms with Crippen LogP contribution in [-0.4, -0.2) is 42.7 Å². The molecule has 7 nitrogen and oxygen atoms in total. The van der Waals surface area contributed by atoms with E-state index in [1.54, 1.807) is 24.3 Å². The van der Waals surface area contributed by atoms with Crippen LogP contribution in [0.1, 0.15) is 30.6 Å². The van der Waals surface area contributed by atoms with Gasteiger partial charge < -0.3 is 19.3 Å². The van der Waals surface area contributed by atoms with E-state index in [-0.39, 0.29) is 31.5 Å². The zero-order chi connectivity index (χ0) is 22.6. The van der Waals surface area contributed by atoms with Gasteiger partial charge in [-0.3, -0.25) is 10.1 Å². The quantitative estimate of drug-likeness (QED) is 0.354. The Hall–Kier alpha value is -2.71. The molecular weight excluding hydrogens is 418 g/mol. The van der Waals surface area contributed by atoms with E-state index in [9.17, 15) is 9.59 Å². The fraction of sp³-hybridized carbons (Fsp3) is 0.391. The van der Waals surface area contributed by atoms with Crippen molar-refractivity contribution in [3.05, 3.63) is 59.7 Å². The molecule has 0 aromatic heterocycles. The lowest BCUT2D eigenvalue weighted by Crippen LogP contribution is -2.23. The minimum absolute atomic E-state index is 0.0164. The minimum atomic E-state index is -0.575. The fourth-order valence-electron chi connectivity index (χ4n) is 2.89. The van der Waals surface area contributed by atoms with Crippen LogP contribution in [0.25, 0.3) is 0 Å². The Morgan fingerprint density at radius 2 is 1.74 bits per heavy atom. The summed E-state index contributed by atoms with van der Waals surface area (Å²) in [4.78, 5) is 23.9. The largest absolute Gasteiger partial charge is 0.491 e. The molecule has 0 heterocycles. The number of anilines is 1. The van der Waals surface area contributed by atoms with Crippen molar-refractivity contribution < 1.29 is 28.9 Å². The molecule has 0 radical (unpaired) electrons. The Kier molecular flexibility index (Phi) is 10.2. The van der Waals surface area contributed by atoms with Crippen LogP contribution >= 0.6 is 12.6 Å². The monoisotopic (exact) mass is 447 g/mol. The molecule has 2 aromatic rings. The molecule has 0 fully saturated rings. The first kappa shape index (κ1) is 24.6. The molecule has 0 aliphatic heterocycles. The number of thiol groups is 1. The highest BCUT2D eigenvalue weighted by molar-refractivity contribution is 7.81. The van der Waals surface area contributed by atoms with Crippen LogP contribution < -0.4 is 10.1 Å². The second kappa shape index (κ2) is 12.9. The maximum Gasteiger partial charge on any atom is 0.412 e. The van der Waals surface area contributed by atoms with E-state index in [0.29, 0.717) is 17.9 Å². The maximum atomic E-state index is 12.5. The Morgan fingerprint density at radius 3 is 2.35 bits per heavy atom. The summed E-state index contributed by atoms with van der Waals surface area (Å²) in [7, 11) is 0. The molecule has 31 heavy (non-hydrogen) atoms. The van der Waals surface area contributed by atoms with Crippen LogP contribution in [0.2, 0.25) is 0 Å². The second-order valence-corrected chi connectivity index (χ2v) is 7.42. The van der Waals surface area contributed by atoms with Gasteiger partial charge in [-0.25, -0.2) is 4.79 Å². The highest BCUT2D eigenvalue weighted by Crippen LogP contribution is 2.30. The van der Waals surface area contributed by atoms with E-state index in [2.05, 4.69) is 17.9 Å². The van der Waals surface area contributed by atoms with Crippen molar-refractivity contribution in [2.45, 2.75) is 26.4 Å². The van der Waals surface area contributed by atoms with Gasteiger partial charge in [-0.15, -0.1) is 0 Å². The van der Waals surface area contributed by atoms with Crippen molar-refractivity contribution in [1.82, 2.24) is 0 Å². The summed E-state index contributed by atoms with van der Waals surface area (Å²) < 4.78 is 16.2. The number of hydrogen-bond acceptors (Lipinski definition) is 7. The normalized spacial score (nSPS) is 12.5. The number of carbonyl (C=O) groups is 2. The fourth-order valence-corrected chi connectivity index (χ4v) is 2.98. The van der Waals surface area contributed by atoms with E-state index in [4.69, 9.17) is 19.3 Å². The number of aliphatic hydroxyl groups excluding tert-OH is 1. The Balaban J connectivity index is 2.09. The van der Waals surface area contributed by atoms with E-state index in [1.807, 2.05) is 38.1 Å². The molecule has 2 rings (SSSR count). The summed E-state index contributed by atoms with van der Waals surface area (Å²) >= 11 is 3.89. The molecule has 2 atom stereocenters. The van der Waals surface area contributed by atoms with Gasteiger partial charge in [-0.05, 0) is 43.2 Å². The van der Waals surface area contributed by atoms with Crippen LogP contribution in [0.3, 0.4) is 0 Å². The molecule has 2 N–H and O–H groups in total. The molecule has 0 aliphatic rings. The first-order valence-electron chi connectivity index (χ1n) is 10.1. The van der Waals surface area contributed by atoms with Gasteiger partial charge in [0, 0.05) is 11.6 Å². The molecular formula is C23H29NO6S. The Bertz CT molecular complexity index is 825. The lowest BCUT2D eigenvalue weighted by molar-refractivity contribution is -0.141. The SMILES string of the molecule is Cc1ccc(NC(=O)O[C@@H](c2ccc(OCCO)cc2)[C@H](C)CCOC(=O)CS)cc1. The summed E-state index contributed by atoms with van der Waals surface area (Å²) in [5, 5.41) is 11.6. The number of hydrogen-bond donors (Lipinski definition) is 3. The smallest absolute Gasteiger partial charge is 0.412 e. The highest BCUT2D eigenvalue weighted by Gasteiger charge is 2.24. The predicted molar refractivity (Wildman–Crippen MR) is 122 cm³/mol. The van der Waals surface area contributed by atoms with Crippen molar-refractivity contribution in [2.75, 3.05) is 30.9 Å². The number of amides is 1. The Labute approximate surface area is 188 Å². The molecule has 1 amide bonds.